The number of aromatic nitrogens is 3. The minimum Gasteiger partial charge on any atom is -0.383 e. The number of rotatable bonds is 4. The van der Waals surface area contributed by atoms with Crippen molar-refractivity contribution in [2.45, 2.75) is 6.54 Å². The van der Waals surface area contributed by atoms with Crippen LogP contribution in [0, 0.1) is 4.77 Å². The number of methoxy groups -OCH3 is 1. The summed E-state index contributed by atoms with van der Waals surface area (Å²) in [5, 5.41) is 7.71. The maximum Gasteiger partial charge on any atom is 0.195 e. The lowest BCUT2D eigenvalue weighted by Gasteiger charge is -2.07. The van der Waals surface area contributed by atoms with Gasteiger partial charge in [-0.15, -0.1) is 0 Å². The SMILES string of the molecule is COCCn1c(-c2ccc(Cl)cc2Br)n[nH]c1=S. The Balaban J connectivity index is 2.47. The molecule has 2 aromatic rings. The summed E-state index contributed by atoms with van der Waals surface area (Å²) >= 11 is 14.6. The van der Waals surface area contributed by atoms with Gasteiger partial charge in [0.1, 0.15) is 0 Å². The smallest absolute Gasteiger partial charge is 0.195 e. The van der Waals surface area contributed by atoms with E-state index in [2.05, 4.69) is 26.1 Å². The molecule has 2 rings (SSSR count). The molecule has 4 nitrogen and oxygen atoms in total. The standard InChI is InChI=1S/C11H11BrClN3OS/c1-17-5-4-16-10(14-15-11(16)18)8-3-2-7(13)6-9(8)12/h2-3,6H,4-5H2,1H3,(H,15,18). The van der Waals surface area contributed by atoms with Gasteiger partial charge in [0.05, 0.1) is 13.2 Å². The summed E-state index contributed by atoms with van der Waals surface area (Å²) in [5.41, 5.74) is 0.933. The highest BCUT2D eigenvalue weighted by molar-refractivity contribution is 9.10. The number of nitrogens with zero attached hydrogens (tertiary/aromatic N) is 2. The molecular weight excluding hydrogens is 338 g/mol. The van der Waals surface area contributed by atoms with Crippen LogP contribution in [0.2, 0.25) is 5.02 Å². The van der Waals surface area contributed by atoms with Gasteiger partial charge in [-0.3, -0.25) is 9.67 Å². The van der Waals surface area contributed by atoms with Gasteiger partial charge in [0.15, 0.2) is 10.6 Å². The van der Waals surface area contributed by atoms with Gasteiger partial charge in [-0.1, -0.05) is 11.6 Å². The van der Waals surface area contributed by atoms with Crippen LogP contribution in [0.15, 0.2) is 22.7 Å². The monoisotopic (exact) mass is 347 g/mol. The lowest BCUT2D eigenvalue weighted by atomic mass is 10.2. The molecular formula is C11H11BrClN3OS. The van der Waals surface area contributed by atoms with E-state index < -0.39 is 0 Å². The van der Waals surface area contributed by atoms with E-state index in [4.69, 9.17) is 28.6 Å². The van der Waals surface area contributed by atoms with Crippen molar-refractivity contribution in [1.29, 1.82) is 0 Å². The van der Waals surface area contributed by atoms with Crippen molar-refractivity contribution in [3.8, 4) is 11.4 Å². The Labute approximate surface area is 123 Å². The predicted octanol–water partition coefficient (Wildman–Crippen LogP) is 3.67. The summed E-state index contributed by atoms with van der Waals surface area (Å²) in [5.74, 6) is 0.764. The zero-order valence-electron chi connectivity index (χ0n) is 9.61. The fraction of sp³-hybridized carbons (Fsp3) is 0.273. The van der Waals surface area contributed by atoms with E-state index in [0.717, 1.165) is 15.9 Å². The number of benzene rings is 1. The molecule has 0 amide bonds. The average Bonchev–Trinajstić information content (AvgIpc) is 2.68. The molecule has 0 radical (unpaired) electrons. The van der Waals surface area contributed by atoms with Crippen LogP contribution in [0.25, 0.3) is 11.4 Å². The number of hydrogen-bond donors (Lipinski definition) is 1. The summed E-state index contributed by atoms with van der Waals surface area (Å²) in [6, 6.07) is 5.55. The van der Waals surface area contributed by atoms with Crippen LogP contribution in [0.3, 0.4) is 0 Å². The Morgan fingerprint density at radius 2 is 2.33 bits per heavy atom. The van der Waals surface area contributed by atoms with Crippen molar-refractivity contribution < 1.29 is 4.74 Å². The molecule has 0 spiro atoms. The van der Waals surface area contributed by atoms with Crippen LogP contribution >= 0.6 is 39.7 Å². The van der Waals surface area contributed by atoms with Gasteiger partial charge < -0.3 is 4.74 Å². The number of ether oxygens (including phenoxy) is 1. The molecule has 0 atom stereocenters. The van der Waals surface area contributed by atoms with Crippen molar-refractivity contribution in [3.05, 3.63) is 32.5 Å². The topological polar surface area (TPSA) is 42.8 Å². The number of H-pyrrole nitrogens is 1. The first-order valence-corrected chi connectivity index (χ1v) is 6.81. The quantitative estimate of drug-likeness (QED) is 0.857. The van der Waals surface area contributed by atoms with E-state index in [9.17, 15) is 0 Å². The third-order valence-electron chi connectivity index (χ3n) is 2.45. The highest BCUT2D eigenvalue weighted by Gasteiger charge is 2.12. The summed E-state index contributed by atoms with van der Waals surface area (Å²) < 4.78 is 8.41. The third-order valence-corrected chi connectivity index (χ3v) is 3.65. The van der Waals surface area contributed by atoms with Crippen molar-refractivity contribution in [3.63, 3.8) is 0 Å². The molecule has 0 unspecified atom stereocenters. The van der Waals surface area contributed by atoms with E-state index in [0.29, 0.717) is 22.9 Å². The van der Waals surface area contributed by atoms with Gasteiger partial charge in [-0.05, 0) is 46.3 Å². The molecule has 0 aliphatic rings. The summed E-state index contributed by atoms with van der Waals surface area (Å²) in [6.07, 6.45) is 0. The Morgan fingerprint density at radius 1 is 1.56 bits per heavy atom. The van der Waals surface area contributed by atoms with Gasteiger partial charge in [-0.25, -0.2) is 0 Å². The number of hydrogen-bond acceptors (Lipinski definition) is 3. The molecule has 0 bridgehead atoms. The minimum atomic E-state index is 0.573. The van der Waals surface area contributed by atoms with Gasteiger partial charge in [-0.2, -0.15) is 5.10 Å². The second-order valence-electron chi connectivity index (χ2n) is 3.62. The van der Waals surface area contributed by atoms with Crippen molar-refractivity contribution in [1.82, 2.24) is 14.8 Å². The summed E-state index contributed by atoms with van der Waals surface area (Å²) in [7, 11) is 1.65. The number of halogens is 2. The van der Waals surface area contributed by atoms with Crippen LogP contribution in [0.4, 0.5) is 0 Å². The van der Waals surface area contributed by atoms with E-state index >= 15 is 0 Å². The third kappa shape index (κ3) is 2.83. The van der Waals surface area contributed by atoms with Gasteiger partial charge >= 0.3 is 0 Å². The van der Waals surface area contributed by atoms with Crippen LogP contribution in [0.5, 0.6) is 0 Å². The molecule has 7 heteroatoms. The lowest BCUT2D eigenvalue weighted by molar-refractivity contribution is 0.187. The van der Waals surface area contributed by atoms with Gasteiger partial charge in [0.2, 0.25) is 0 Å². The van der Waals surface area contributed by atoms with E-state index in [1.54, 1.807) is 7.11 Å². The largest absolute Gasteiger partial charge is 0.383 e. The Morgan fingerprint density at radius 3 is 3.00 bits per heavy atom. The molecule has 1 aromatic heterocycles. The lowest BCUT2D eigenvalue weighted by Crippen LogP contribution is -2.06. The number of nitrogens with one attached hydrogen (secondary N) is 1. The highest BCUT2D eigenvalue weighted by atomic mass is 79.9. The van der Waals surface area contributed by atoms with Gasteiger partial charge in [0.25, 0.3) is 0 Å². The molecule has 0 aliphatic carbocycles. The highest BCUT2D eigenvalue weighted by Crippen LogP contribution is 2.29. The van der Waals surface area contributed by atoms with E-state index in [1.165, 1.54) is 0 Å². The number of aromatic amines is 1. The van der Waals surface area contributed by atoms with E-state index in [1.807, 2.05) is 22.8 Å². The first kappa shape index (κ1) is 13.7. The second kappa shape index (κ2) is 5.97. The molecule has 1 aromatic carbocycles. The maximum absolute atomic E-state index is 5.93. The minimum absolute atomic E-state index is 0.573. The first-order chi connectivity index (χ1) is 8.63. The molecule has 1 N–H and O–H groups in total. The van der Waals surface area contributed by atoms with Crippen molar-refractivity contribution >= 4 is 39.7 Å². The molecule has 1 heterocycles. The molecule has 0 saturated carbocycles. The first-order valence-electron chi connectivity index (χ1n) is 5.23. The fourth-order valence-electron chi connectivity index (χ4n) is 1.58. The van der Waals surface area contributed by atoms with Crippen molar-refractivity contribution in [2.24, 2.45) is 0 Å². The predicted molar refractivity (Wildman–Crippen MR) is 77.4 cm³/mol. The molecule has 0 saturated heterocycles. The molecule has 0 fully saturated rings. The average molecular weight is 349 g/mol. The van der Waals surface area contributed by atoms with Gasteiger partial charge in [0, 0.05) is 22.2 Å². The van der Waals surface area contributed by atoms with Crippen LogP contribution in [-0.4, -0.2) is 28.5 Å². The summed E-state index contributed by atoms with van der Waals surface area (Å²) in [6.45, 7) is 1.22. The normalized spacial score (nSPS) is 10.8. The second-order valence-corrected chi connectivity index (χ2v) is 5.30. The van der Waals surface area contributed by atoms with Crippen LogP contribution in [0.1, 0.15) is 0 Å². The molecule has 0 aliphatic heterocycles. The summed E-state index contributed by atoms with van der Waals surface area (Å²) in [4.78, 5) is 0. The zero-order valence-corrected chi connectivity index (χ0v) is 12.8. The Bertz CT molecular complexity index is 611. The van der Waals surface area contributed by atoms with Crippen LogP contribution < -0.4 is 0 Å². The van der Waals surface area contributed by atoms with E-state index in [-0.39, 0.29) is 0 Å². The Hall–Kier alpha value is -0.690. The Kier molecular flexibility index (Phi) is 4.55. The zero-order chi connectivity index (χ0) is 13.1. The molecule has 96 valence electrons. The molecule has 18 heavy (non-hydrogen) atoms. The maximum atomic E-state index is 5.93. The fourth-order valence-corrected chi connectivity index (χ4v) is 2.67. The van der Waals surface area contributed by atoms with Crippen LogP contribution in [-0.2, 0) is 11.3 Å². The van der Waals surface area contributed by atoms with Crippen molar-refractivity contribution in [2.75, 3.05) is 13.7 Å².